The number of hydrogen-bond acceptors (Lipinski definition) is 3. The SMILES string of the molecule is CSCCC(CN)NCC(C)C. The van der Waals surface area contributed by atoms with Crippen LogP contribution < -0.4 is 11.1 Å². The Labute approximate surface area is 80.7 Å². The lowest BCUT2D eigenvalue weighted by Gasteiger charge is -2.17. The van der Waals surface area contributed by atoms with E-state index < -0.39 is 0 Å². The van der Waals surface area contributed by atoms with E-state index in [0.29, 0.717) is 12.0 Å². The average molecular weight is 190 g/mol. The van der Waals surface area contributed by atoms with Crippen molar-refractivity contribution in [3.8, 4) is 0 Å². The molecule has 0 aromatic rings. The third kappa shape index (κ3) is 6.95. The molecule has 0 heterocycles. The molecule has 0 saturated carbocycles. The minimum Gasteiger partial charge on any atom is -0.329 e. The van der Waals surface area contributed by atoms with Gasteiger partial charge in [-0.2, -0.15) is 11.8 Å². The molecule has 0 spiro atoms. The van der Waals surface area contributed by atoms with Crippen molar-refractivity contribution in [2.45, 2.75) is 26.3 Å². The molecular weight excluding hydrogens is 168 g/mol. The molecule has 0 aliphatic carbocycles. The summed E-state index contributed by atoms with van der Waals surface area (Å²) >= 11 is 1.88. The quantitative estimate of drug-likeness (QED) is 0.636. The van der Waals surface area contributed by atoms with Crippen molar-refractivity contribution in [1.29, 1.82) is 0 Å². The molecule has 2 nitrogen and oxygen atoms in total. The molecule has 3 N–H and O–H groups in total. The fourth-order valence-electron chi connectivity index (χ4n) is 0.966. The zero-order chi connectivity index (χ0) is 9.40. The Kier molecular flexibility index (Phi) is 8.07. The third-order valence-electron chi connectivity index (χ3n) is 1.77. The summed E-state index contributed by atoms with van der Waals surface area (Å²) in [5.74, 6) is 1.92. The summed E-state index contributed by atoms with van der Waals surface area (Å²) in [6.45, 7) is 6.27. The molecule has 12 heavy (non-hydrogen) atoms. The third-order valence-corrected chi connectivity index (χ3v) is 2.41. The number of rotatable bonds is 7. The van der Waals surface area contributed by atoms with Crippen LogP contribution >= 0.6 is 11.8 Å². The smallest absolute Gasteiger partial charge is 0.0198 e. The second-order valence-electron chi connectivity index (χ2n) is 3.52. The second kappa shape index (κ2) is 7.90. The first-order valence-corrected chi connectivity index (χ1v) is 6.02. The minimum atomic E-state index is 0.514. The van der Waals surface area contributed by atoms with Gasteiger partial charge >= 0.3 is 0 Å². The molecule has 0 aromatic carbocycles. The van der Waals surface area contributed by atoms with Crippen molar-refractivity contribution < 1.29 is 0 Å². The maximum absolute atomic E-state index is 5.63. The minimum absolute atomic E-state index is 0.514. The van der Waals surface area contributed by atoms with Gasteiger partial charge in [0.25, 0.3) is 0 Å². The molecule has 0 rings (SSSR count). The molecule has 3 heteroatoms. The van der Waals surface area contributed by atoms with Gasteiger partial charge in [0.15, 0.2) is 0 Å². The van der Waals surface area contributed by atoms with Crippen molar-refractivity contribution in [3.63, 3.8) is 0 Å². The Morgan fingerprint density at radius 3 is 2.50 bits per heavy atom. The number of nitrogens with two attached hydrogens (primary N) is 1. The van der Waals surface area contributed by atoms with Gasteiger partial charge in [-0.25, -0.2) is 0 Å². The summed E-state index contributed by atoms with van der Waals surface area (Å²) in [6, 6.07) is 0.514. The molecule has 0 aliphatic heterocycles. The summed E-state index contributed by atoms with van der Waals surface area (Å²) in [5.41, 5.74) is 5.63. The van der Waals surface area contributed by atoms with Crippen LogP contribution in [0, 0.1) is 5.92 Å². The Balaban J connectivity index is 3.39. The van der Waals surface area contributed by atoms with Crippen LogP contribution in [0.2, 0.25) is 0 Å². The summed E-state index contributed by atoms with van der Waals surface area (Å²) in [6.07, 6.45) is 3.32. The molecule has 1 unspecified atom stereocenters. The zero-order valence-electron chi connectivity index (χ0n) is 8.47. The molecule has 0 aliphatic rings. The van der Waals surface area contributed by atoms with E-state index in [0.717, 1.165) is 13.1 Å². The van der Waals surface area contributed by atoms with Crippen molar-refractivity contribution >= 4 is 11.8 Å². The molecule has 0 amide bonds. The van der Waals surface area contributed by atoms with E-state index >= 15 is 0 Å². The molecular formula is C9H22N2S. The van der Waals surface area contributed by atoms with Crippen LogP contribution in [0.15, 0.2) is 0 Å². The fraction of sp³-hybridized carbons (Fsp3) is 1.00. The van der Waals surface area contributed by atoms with E-state index in [1.54, 1.807) is 0 Å². The maximum atomic E-state index is 5.63. The van der Waals surface area contributed by atoms with E-state index in [-0.39, 0.29) is 0 Å². The molecule has 0 fully saturated rings. The van der Waals surface area contributed by atoms with Gasteiger partial charge in [-0.3, -0.25) is 0 Å². The maximum Gasteiger partial charge on any atom is 0.0198 e. The van der Waals surface area contributed by atoms with Gasteiger partial charge in [0.1, 0.15) is 0 Å². The summed E-state index contributed by atoms with van der Waals surface area (Å²) in [7, 11) is 0. The van der Waals surface area contributed by atoms with Gasteiger partial charge < -0.3 is 11.1 Å². The highest BCUT2D eigenvalue weighted by Crippen LogP contribution is 2.00. The van der Waals surface area contributed by atoms with Gasteiger partial charge in [0.2, 0.25) is 0 Å². The normalized spacial score (nSPS) is 13.8. The van der Waals surface area contributed by atoms with Gasteiger partial charge in [-0.05, 0) is 30.9 Å². The van der Waals surface area contributed by atoms with E-state index in [9.17, 15) is 0 Å². The van der Waals surface area contributed by atoms with Crippen LogP contribution in [0.1, 0.15) is 20.3 Å². The van der Waals surface area contributed by atoms with Crippen molar-refractivity contribution in [2.24, 2.45) is 11.7 Å². The van der Waals surface area contributed by atoms with Gasteiger partial charge in [0, 0.05) is 12.6 Å². The molecule has 0 radical (unpaired) electrons. The average Bonchev–Trinajstić information content (AvgIpc) is 2.05. The zero-order valence-corrected chi connectivity index (χ0v) is 9.29. The largest absolute Gasteiger partial charge is 0.329 e. The molecule has 74 valence electrons. The molecule has 0 bridgehead atoms. The van der Waals surface area contributed by atoms with E-state index in [2.05, 4.69) is 25.4 Å². The first-order valence-electron chi connectivity index (χ1n) is 4.63. The predicted molar refractivity (Wildman–Crippen MR) is 58.7 cm³/mol. The van der Waals surface area contributed by atoms with Crippen molar-refractivity contribution in [1.82, 2.24) is 5.32 Å². The van der Waals surface area contributed by atoms with Gasteiger partial charge in [-0.15, -0.1) is 0 Å². The molecule has 0 aromatic heterocycles. The van der Waals surface area contributed by atoms with E-state index in [4.69, 9.17) is 5.73 Å². The summed E-state index contributed by atoms with van der Waals surface area (Å²) in [4.78, 5) is 0. The van der Waals surface area contributed by atoms with E-state index in [1.807, 2.05) is 11.8 Å². The van der Waals surface area contributed by atoms with Crippen LogP contribution in [-0.4, -0.2) is 31.1 Å². The standard InChI is InChI=1S/C9H22N2S/c1-8(2)7-11-9(6-10)4-5-12-3/h8-9,11H,4-7,10H2,1-3H3. The first kappa shape index (κ1) is 12.3. The summed E-state index contributed by atoms with van der Waals surface area (Å²) < 4.78 is 0. The monoisotopic (exact) mass is 190 g/mol. The fourth-order valence-corrected chi connectivity index (χ4v) is 1.49. The number of nitrogens with one attached hydrogen (secondary N) is 1. The highest BCUT2D eigenvalue weighted by atomic mass is 32.2. The lowest BCUT2D eigenvalue weighted by atomic mass is 10.2. The highest BCUT2D eigenvalue weighted by Gasteiger charge is 2.05. The summed E-state index contributed by atoms with van der Waals surface area (Å²) in [5, 5.41) is 3.47. The number of thioether (sulfide) groups is 1. The molecule has 1 atom stereocenters. The Morgan fingerprint density at radius 2 is 2.08 bits per heavy atom. The van der Waals surface area contributed by atoms with Crippen LogP contribution in [-0.2, 0) is 0 Å². The highest BCUT2D eigenvalue weighted by molar-refractivity contribution is 7.98. The Hall–Kier alpha value is 0.270. The van der Waals surface area contributed by atoms with Crippen LogP contribution in [0.25, 0.3) is 0 Å². The van der Waals surface area contributed by atoms with Crippen LogP contribution in [0.4, 0.5) is 0 Å². The lowest BCUT2D eigenvalue weighted by Crippen LogP contribution is -2.38. The topological polar surface area (TPSA) is 38.0 Å². The van der Waals surface area contributed by atoms with Crippen LogP contribution in [0.3, 0.4) is 0 Å². The second-order valence-corrected chi connectivity index (χ2v) is 4.50. The van der Waals surface area contributed by atoms with Crippen molar-refractivity contribution in [2.75, 3.05) is 25.1 Å². The Bertz CT molecular complexity index is 96.5. The number of hydrogen-bond donors (Lipinski definition) is 2. The van der Waals surface area contributed by atoms with Crippen molar-refractivity contribution in [3.05, 3.63) is 0 Å². The first-order chi connectivity index (χ1) is 5.70. The van der Waals surface area contributed by atoms with Crippen LogP contribution in [0.5, 0.6) is 0 Å². The van der Waals surface area contributed by atoms with Gasteiger partial charge in [0.05, 0.1) is 0 Å². The van der Waals surface area contributed by atoms with Gasteiger partial charge in [-0.1, -0.05) is 13.8 Å². The predicted octanol–water partition coefficient (Wildman–Crippen LogP) is 1.31. The Morgan fingerprint density at radius 1 is 1.42 bits per heavy atom. The van der Waals surface area contributed by atoms with E-state index in [1.165, 1.54) is 12.2 Å². The lowest BCUT2D eigenvalue weighted by molar-refractivity contribution is 0.460. The molecule has 0 saturated heterocycles.